The average Bonchev–Trinajstić information content (AvgIpc) is 2.75. The third-order valence-electron chi connectivity index (χ3n) is 1.67. The van der Waals surface area contributed by atoms with Crippen LogP contribution in [0.2, 0.25) is 0 Å². The Balaban J connectivity index is 1.76. The molecule has 0 atom stereocenters. The smallest absolute Gasteiger partial charge is 0.0795 e. The molecule has 0 saturated carbocycles. The molecule has 0 amide bonds. The molecule has 2 nitrogen and oxygen atoms in total. The lowest BCUT2D eigenvalue weighted by atomic mass is 10.4. The molecule has 1 N–H and O–H groups in total. The molecule has 68 valence electrons. The first kappa shape index (κ1) is 8.87. The van der Waals surface area contributed by atoms with E-state index in [0.717, 1.165) is 18.8 Å². The molecule has 0 spiro atoms. The van der Waals surface area contributed by atoms with Gasteiger partial charge in [0.2, 0.25) is 0 Å². The molecular formula is C9H10N2S2. The van der Waals surface area contributed by atoms with Crippen molar-refractivity contribution in [3.63, 3.8) is 0 Å². The van der Waals surface area contributed by atoms with Crippen LogP contribution in [0.5, 0.6) is 0 Å². The zero-order valence-electron chi connectivity index (χ0n) is 7.06. The monoisotopic (exact) mass is 210 g/mol. The van der Waals surface area contributed by atoms with E-state index in [-0.39, 0.29) is 0 Å². The van der Waals surface area contributed by atoms with E-state index in [2.05, 4.69) is 33.2 Å². The van der Waals surface area contributed by atoms with Gasteiger partial charge in [0.1, 0.15) is 0 Å². The van der Waals surface area contributed by atoms with Gasteiger partial charge in [-0.15, -0.1) is 22.7 Å². The summed E-state index contributed by atoms with van der Waals surface area (Å²) in [6, 6.07) is 4.21. The van der Waals surface area contributed by atoms with Crippen molar-refractivity contribution in [2.45, 2.75) is 13.1 Å². The predicted octanol–water partition coefficient (Wildman–Crippen LogP) is 2.49. The van der Waals surface area contributed by atoms with Gasteiger partial charge in [0, 0.05) is 23.3 Å². The normalized spacial score (nSPS) is 10.5. The minimum Gasteiger partial charge on any atom is -0.306 e. The van der Waals surface area contributed by atoms with E-state index in [4.69, 9.17) is 0 Å². The van der Waals surface area contributed by atoms with Crippen molar-refractivity contribution < 1.29 is 0 Å². The molecule has 0 unspecified atom stereocenters. The second-order valence-electron chi connectivity index (χ2n) is 2.66. The quantitative estimate of drug-likeness (QED) is 0.838. The Morgan fingerprint density at radius 1 is 1.38 bits per heavy atom. The Morgan fingerprint density at radius 3 is 3.08 bits per heavy atom. The second kappa shape index (κ2) is 4.50. The van der Waals surface area contributed by atoms with Gasteiger partial charge in [-0.1, -0.05) is 6.07 Å². The summed E-state index contributed by atoms with van der Waals surface area (Å²) in [6.45, 7) is 1.80. The third-order valence-corrected chi connectivity index (χ3v) is 3.18. The number of thiazole rings is 1. The molecule has 2 aromatic heterocycles. The highest BCUT2D eigenvalue weighted by Crippen LogP contribution is 2.08. The maximum Gasteiger partial charge on any atom is 0.0795 e. The van der Waals surface area contributed by atoms with Crippen LogP contribution in [0.3, 0.4) is 0 Å². The van der Waals surface area contributed by atoms with Gasteiger partial charge in [-0.25, -0.2) is 4.98 Å². The van der Waals surface area contributed by atoms with E-state index in [9.17, 15) is 0 Å². The Bertz CT molecular complexity index is 292. The van der Waals surface area contributed by atoms with Crippen LogP contribution in [0.25, 0.3) is 0 Å². The van der Waals surface area contributed by atoms with Crippen LogP contribution < -0.4 is 5.32 Å². The lowest BCUT2D eigenvalue weighted by Crippen LogP contribution is -2.11. The zero-order chi connectivity index (χ0) is 8.93. The number of nitrogens with zero attached hydrogens (tertiary/aromatic N) is 1. The van der Waals surface area contributed by atoms with Gasteiger partial charge in [0.15, 0.2) is 0 Å². The van der Waals surface area contributed by atoms with E-state index in [1.165, 1.54) is 4.88 Å². The predicted molar refractivity (Wildman–Crippen MR) is 57.0 cm³/mol. The fourth-order valence-corrected chi connectivity index (χ4v) is 2.28. The van der Waals surface area contributed by atoms with Crippen molar-refractivity contribution in [2.24, 2.45) is 0 Å². The lowest BCUT2D eigenvalue weighted by Gasteiger charge is -1.98. The molecule has 0 fully saturated rings. The van der Waals surface area contributed by atoms with E-state index in [1.807, 2.05) is 5.51 Å². The van der Waals surface area contributed by atoms with Gasteiger partial charge in [-0.3, -0.25) is 0 Å². The molecule has 0 bridgehead atoms. The molecule has 2 heterocycles. The van der Waals surface area contributed by atoms with Gasteiger partial charge >= 0.3 is 0 Å². The molecule has 13 heavy (non-hydrogen) atoms. The fourth-order valence-electron chi connectivity index (χ4n) is 1.05. The Labute approximate surface area is 85.3 Å². The molecule has 4 heteroatoms. The van der Waals surface area contributed by atoms with Gasteiger partial charge < -0.3 is 5.32 Å². The van der Waals surface area contributed by atoms with E-state index >= 15 is 0 Å². The van der Waals surface area contributed by atoms with E-state index in [1.54, 1.807) is 22.7 Å². The highest BCUT2D eigenvalue weighted by atomic mass is 32.1. The summed E-state index contributed by atoms with van der Waals surface area (Å²) >= 11 is 3.42. The molecule has 0 radical (unpaired) electrons. The van der Waals surface area contributed by atoms with Crippen molar-refractivity contribution in [1.29, 1.82) is 0 Å². The van der Waals surface area contributed by atoms with Gasteiger partial charge in [-0.2, -0.15) is 0 Å². The highest BCUT2D eigenvalue weighted by Gasteiger charge is 1.95. The second-order valence-corrected chi connectivity index (χ2v) is 4.41. The topological polar surface area (TPSA) is 24.9 Å². The molecule has 0 aliphatic heterocycles. The number of aromatic nitrogens is 1. The maximum atomic E-state index is 4.19. The summed E-state index contributed by atoms with van der Waals surface area (Å²) in [7, 11) is 0. The van der Waals surface area contributed by atoms with Crippen LogP contribution in [-0.2, 0) is 13.1 Å². The summed E-state index contributed by atoms with van der Waals surface area (Å²) in [6.07, 6.45) is 0. The van der Waals surface area contributed by atoms with Crippen LogP contribution in [-0.4, -0.2) is 4.98 Å². The van der Waals surface area contributed by atoms with E-state index in [0.29, 0.717) is 0 Å². The maximum absolute atomic E-state index is 4.19. The summed E-state index contributed by atoms with van der Waals surface area (Å²) in [5, 5.41) is 7.51. The zero-order valence-corrected chi connectivity index (χ0v) is 8.70. The van der Waals surface area contributed by atoms with Crippen molar-refractivity contribution in [3.05, 3.63) is 39.0 Å². The lowest BCUT2D eigenvalue weighted by molar-refractivity contribution is 0.690. The Morgan fingerprint density at radius 2 is 2.38 bits per heavy atom. The number of nitrogens with one attached hydrogen (secondary N) is 1. The van der Waals surface area contributed by atoms with Crippen molar-refractivity contribution >= 4 is 22.7 Å². The first-order valence-electron chi connectivity index (χ1n) is 4.05. The average molecular weight is 210 g/mol. The molecule has 0 aliphatic rings. The summed E-state index contributed by atoms with van der Waals surface area (Å²) in [5.41, 5.74) is 2.99. The molecule has 0 aliphatic carbocycles. The minimum absolute atomic E-state index is 0.862. The van der Waals surface area contributed by atoms with Crippen LogP contribution in [0.4, 0.5) is 0 Å². The van der Waals surface area contributed by atoms with Crippen LogP contribution in [0.15, 0.2) is 28.4 Å². The van der Waals surface area contributed by atoms with E-state index < -0.39 is 0 Å². The Kier molecular flexibility index (Phi) is 3.07. The number of hydrogen-bond acceptors (Lipinski definition) is 4. The first-order chi connectivity index (χ1) is 6.45. The van der Waals surface area contributed by atoms with Crippen LogP contribution in [0, 0.1) is 0 Å². The third kappa shape index (κ3) is 2.62. The van der Waals surface area contributed by atoms with Gasteiger partial charge in [0.25, 0.3) is 0 Å². The first-order valence-corrected chi connectivity index (χ1v) is 5.87. The minimum atomic E-state index is 0.862. The summed E-state index contributed by atoms with van der Waals surface area (Å²) in [5.74, 6) is 0. The van der Waals surface area contributed by atoms with Crippen LogP contribution >= 0.6 is 22.7 Å². The highest BCUT2D eigenvalue weighted by molar-refractivity contribution is 7.09. The largest absolute Gasteiger partial charge is 0.306 e. The summed E-state index contributed by atoms with van der Waals surface area (Å²) < 4.78 is 0. The fraction of sp³-hybridized carbons (Fsp3) is 0.222. The summed E-state index contributed by atoms with van der Waals surface area (Å²) in [4.78, 5) is 5.57. The van der Waals surface area contributed by atoms with Gasteiger partial charge in [0.05, 0.1) is 11.2 Å². The molecule has 2 rings (SSSR count). The van der Waals surface area contributed by atoms with Crippen molar-refractivity contribution in [3.8, 4) is 0 Å². The van der Waals surface area contributed by atoms with Crippen molar-refractivity contribution in [2.75, 3.05) is 0 Å². The number of hydrogen-bond donors (Lipinski definition) is 1. The molecule has 2 aromatic rings. The van der Waals surface area contributed by atoms with Crippen molar-refractivity contribution in [1.82, 2.24) is 10.3 Å². The molecule has 0 aromatic carbocycles. The SMILES string of the molecule is c1csc(CNCc2cscn2)c1. The number of rotatable bonds is 4. The van der Waals surface area contributed by atoms with Crippen LogP contribution in [0.1, 0.15) is 10.6 Å². The van der Waals surface area contributed by atoms with Gasteiger partial charge in [-0.05, 0) is 11.4 Å². The Hall–Kier alpha value is -0.710. The molecule has 0 saturated heterocycles. The molecular weight excluding hydrogens is 200 g/mol. The standard InChI is InChI=1S/C9H10N2S2/c1-2-9(13-3-1)5-10-4-8-6-12-7-11-8/h1-3,6-7,10H,4-5H2. The number of thiophene rings is 1.